The second kappa shape index (κ2) is 8.55. The minimum absolute atomic E-state index is 0.381. The molecule has 0 saturated carbocycles. The number of halogens is 2. The number of aryl methyl sites for hydroxylation is 1. The Morgan fingerprint density at radius 1 is 1.15 bits per heavy atom. The van der Waals surface area contributed by atoms with Gasteiger partial charge in [-0.3, -0.25) is 0 Å². The summed E-state index contributed by atoms with van der Waals surface area (Å²) in [5.41, 5.74) is 1.77. The summed E-state index contributed by atoms with van der Waals surface area (Å²) in [6.07, 6.45) is 3.56. The number of rotatable bonds is 8. The first-order valence-corrected chi connectivity index (χ1v) is 9.03. The van der Waals surface area contributed by atoms with Crippen LogP contribution in [0, 0.1) is 11.3 Å². The molecule has 0 aliphatic carbocycles. The van der Waals surface area contributed by atoms with Crippen molar-refractivity contribution in [2.75, 3.05) is 13.1 Å². The lowest BCUT2D eigenvalue weighted by Crippen LogP contribution is -2.25. The summed E-state index contributed by atoms with van der Waals surface area (Å²) < 4.78 is 2.38. The Bertz CT molecular complexity index is 413. The van der Waals surface area contributed by atoms with Gasteiger partial charge in [-0.2, -0.15) is 0 Å². The van der Waals surface area contributed by atoms with Crippen LogP contribution in [0.25, 0.3) is 0 Å². The molecule has 0 amide bonds. The highest BCUT2D eigenvalue weighted by molar-refractivity contribution is 9.11. The third kappa shape index (κ3) is 7.24. The summed E-state index contributed by atoms with van der Waals surface area (Å²) in [5, 5.41) is 3.54. The van der Waals surface area contributed by atoms with Gasteiger partial charge >= 0.3 is 0 Å². The van der Waals surface area contributed by atoms with Crippen molar-refractivity contribution in [3.63, 3.8) is 0 Å². The van der Waals surface area contributed by atoms with Crippen molar-refractivity contribution in [3.05, 3.63) is 32.7 Å². The minimum Gasteiger partial charge on any atom is -0.316 e. The summed E-state index contributed by atoms with van der Waals surface area (Å²) in [5.74, 6) is 0.732. The molecule has 0 heterocycles. The van der Waals surface area contributed by atoms with Crippen molar-refractivity contribution >= 4 is 31.9 Å². The van der Waals surface area contributed by atoms with Crippen LogP contribution in [0.15, 0.2) is 27.1 Å². The first kappa shape index (κ1) is 18.2. The third-order valence-electron chi connectivity index (χ3n) is 3.61. The van der Waals surface area contributed by atoms with E-state index in [0.29, 0.717) is 5.41 Å². The quantitative estimate of drug-likeness (QED) is 0.539. The fourth-order valence-corrected chi connectivity index (χ4v) is 3.00. The van der Waals surface area contributed by atoms with E-state index in [1.165, 1.54) is 22.9 Å². The minimum atomic E-state index is 0.381. The molecule has 1 nitrogen and oxygen atoms in total. The zero-order valence-corrected chi connectivity index (χ0v) is 16.3. The molecule has 3 heteroatoms. The SMILES string of the molecule is CC(C)CNCCC(C)(C)CCc1cc(Br)ccc1Br. The maximum absolute atomic E-state index is 3.64. The Balaban J connectivity index is 2.40. The summed E-state index contributed by atoms with van der Waals surface area (Å²) in [6.45, 7) is 11.5. The van der Waals surface area contributed by atoms with Crippen molar-refractivity contribution in [1.82, 2.24) is 5.32 Å². The lowest BCUT2D eigenvalue weighted by Gasteiger charge is -2.25. The summed E-state index contributed by atoms with van der Waals surface area (Å²) in [7, 11) is 0. The molecule has 0 aromatic heterocycles. The molecule has 1 N–H and O–H groups in total. The Morgan fingerprint density at radius 3 is 2.50 bits per heavy atom. The Hall–Kier alpha value is 0.140. The molecule has 0 spiro atoms. The average Bonchev–Trinajstić information content (AvgIpc) is 2.36. The van der Waals surface area contributed by atoms with Crippen LogP contribution in [-0.2, 0) is 6.42 Å². The molecule has 1 aromatic rings. The van der Waals surface area contributed by atoms with E-state index in [1.54, 1.807) is 0 Å². The van der Waals surface area contributed by atoms with E-state index < -0.39 is 0 Å². The molecule has 0 radical (unpaired) electrons. The molecule has 0 aliphatic heterocycles. The third-order valence-corrected chi connectivity index (χ3v) is 4.88. The molecule has 0 unspecified atom stereocenters. The summed E-state index contributed by atoms with van der Waals surface area (Å²) in [6, 6.07) is 6.42. The van der Waals surface area contributed by atoms with Gasteiger partial charge in [0.25, 0.3) is 0 Å². The van der Waals surface area contributed by atoms with E-state index in [4.69, 9.17) is 0 Å². The van der Waals surface area contributed by atoms with Crippen molar-refractivity contribution in [1.29, 1.82) is 0 Å². The fourth-order valence-electron chi connectivity index (χ4n) is 2.15. The molecule has 114 valence electrons. The van der Waals surface area contributed by atoms with Crippen LogP contribution >= 0.6 is 31.9 Å². The lowest BCUT2D eigenvalue weighted by atomic mass is 9.83. The second-order valence-corrected chi connectivity index (χ2v) is 8.52. The number of nitrogens with one attached hydrogen (secondary N) is 1. The summed E-state index contributed by atoms with van der Waals surface area (Å²) in [4.78, 5) is 0. The smallest absolute Gasteiger partial charge is 0.0208 e. The van der Waals surface area contributed by atoms with Crippen molar-refractivity contribution in [2.45, 2.75) is 47.0 Å². The lowest BCUT2D eigenvalue weighted by molar-refractivity contribution is 0.300. The van der Waals surface area contributed by atoms with Crippen molar-refractivity contribution in [3.8, 4) is 0 Å². The van der Waals surface area contributed by atoms with Gasteiger partial charge in [-0.1, -0.05) is 59.6 Å². The second-order valence-electron chi connectivity index (χ2n) is 6.75. The van der Waals surface area contributed by atoms with E-state index in [-0.39, 0.29) is 0 Å². The molecule has 0 atom stereocenters. The standard InChI is InChI=1S/C17H27Br2N/c1-13(2)12-20-10-9-17(3,4)8-7-14-11-15(18)5-6-16(14)19/h5-6,11,13,20H,7-10,12H2,1-4H3. The van der Waals surface area contributed by atoms with E-state index in [1.807, 2.05) is 0 Å². The Labute approximate surface area is 141 Å². The molecular weight excluding hydrogens is 378 g/mol. The van der Waals surface area contributed by atoms with Gasteiger partial charge in [-0.05, 0) is 67.4 Å². The van der Waals surface area contributed by atoms with Crippen LogP contribution < -0.4 is 5.32 Å². The van der Waals surface area contributed by atoms with Crippen molar-refractivity contribution < 1.29 is 0 Å². The van der Waals surface area contributed by atoms with Gasteiger partial charge in [0.2, 0.25) is 0 Å². The fraction of sp³-hybridized carbons (Fsp3) is 0.647. The highest BCUT2D eigenvalue weighted by atomic mass is 79.9. The molecule has 1 aromatic carbocycles. The van der Waals surface area contributed by atoms with Crippen LogP contribution in [0.2, 0.25) is 0 Å². The van der Waals surface area contributed by atoms with Crippen LogP contribution in [0.5, 0.6) is 0 Å². The van der Waals surface area contributed by atoms with Gasteiger partial charge in [0, 0.05) is 8.95 Å². The monoisotopic (exact) mass is 403 g/mol. The van der Waals surface area contributed by atoms with E-state index in [2.05, 4.69) is 83.1 Å². The van der Waals surface area contributed by atoms with Crippen LogP contribution in [-0.4, -0.2) is 13.1 Å². The number of hydrogen-bond donors (Lipinski definition) is 1. The van der Waals surface area contributed by atoms with Gasteiger partial charge < -0.3 is 5.32 Å². The van der Waals surface area contributed by atoms with Gasteiger partial charge in [-0.25, -0.2) is 0 Å². The largest absolute Gasteiger partial charge is 0.316 e. The molecule has 0 fully saturated rings. The predicted molar refractivity (Wildman–Crippen MR) is 96.3 cm³/mol. The zero-order chi connectivity index (χ0) is 15.2. The number of benzene rings is 1. The first-order chi connectivity index (χ1) is 9.30. The molecule has 1 rings (SSSR count). The van der Waals surface area contributed by atoms with Gasteiger partial charge in [0.1, 0.15) is 0 Å². The molecule has 0 bridgehead atoms. The zero-order valence-electron chi connectivity index (χ0n) is 13.1. The maximum Gasteiger partial charge on any atom is 0.0208 e. The average molecular weight is 405 g/mol. The molecule has 0 aliphatic rings. The van der Waals surface area contributed by atoms with E-state index in [0.717, 1.165) is 29.9 Å². The molecule has 0 saturated heterocycles. The summed E-state index contributed by atoms with van der Waals surface area (Å²) >= 11 is 7.20. The van der Waals surface area contributed by atoms with Crippen LogP contribution in [0.4, 0.5) is 0 Å². The highest BCUT2D eigenvalue weighted by Gasteiger charge is 2.18. The normalized spacial score (nSPS) is 12.2. The first-order valence-electron chi connectivity index (χ1n) is 7.45. The van der Waals surface area contributed by atoms with Gasteiger partial charge in [0.05, 0.1) is 0 Å². The van der Waals surface area contributed by atoms with Gasteiger partial charge in [-0.15, -0.1) is 0 Å². The molecular formula is C17H27Br2N. The van der Waals surface area contributed by atoms with E-state index in [9.17, 15) is 0 Å². The van der Waals surface area contributed by atoms with Crippen LogP contribution in [0.3, 0.4) is 0 Å². The van der Waals surface area contributed by atoms with Crippen molar-refractivity contribution in [2.24, 2.45) is 11.3 Å². The Morgan fingerprint density at radius 2 is 1.85 bits per heavy atom. The van der Waals surface area contributed by atoms with E-state index >= 15 is 0 Å². The topological polar surface area (TPSA) is 12.0 Å². The predicted octanol–water partition coefficient (Wildman–Crippen LogP) is 5.81. The van der Waals surface area contributed by atoms with Crippen LogP contribution in [0.1, 0.15) is 46.1 Å². The number of hydrogen-bond acceptors (Lipinski definition) is 1. The highest BCUT2D eigenvalue weighted by Crippen LogP contribution is 2.30. The molecule has 20 heavy (non-hydrogen) atoms. The van der Waals surface area contributed by atoms with Gasteiger partial charge in [0.15, 0.2) is 0 Å². The Kier molecular flexibility index (Phi) is 7.78. The maximum atomic E-state index is 3.64.